The molecule has 1 heterocycles. The summed E-state index contributed by atoms with van der Waals surface area (Å²) >= 11 is 0. The highest BCUT2D eigenvalue weighted by Gasteiger charge is 2.15. The van der Waals surface area contributed by atoms with E-state index in [1.807, 2.05) is 82.3 Å². The molecule has 2 N–H and O–H groups in total. The Labute approximate surface area is 205 Å². The first kappa shape index (κ1) is 24.1. The number of carbonyl (C=O) groups excluding carboxylic acids is 1. The minimum absolute atomic E-state index is 0.104. The topological polar surface area (TPSA) is 72.4 Å². The molecule has 1 amide bonds. The number of nitrogens with zero attached hydrogens (tertiary/aromatic N) is 1. The Hall–Kier alpha value is -4.06. The van der Waals surface area contributed by atoms with Crippen LogP contribution in [0.25, 0.3) is 10.9 Å². The van der Waals surface area contributed by atoms with E-state index in [0.29, 0.717) is 23.4 Å². The maximum absolute atomic E-state index is 13.5. The van der Waals surface area contributed by atoms with Gasteiger partial charge in [-0.2, -0.15) is 0 Å². The van der Waals surface area contributed by atoms with Crippen LogP contribution in [0, 0.1) is 27.7 Å². The molecule has 0 saturated carbocycles. The van der Waals surface area contributed by atoms with Crippen molar-refractivity contribution in [1.29, 1.82) is 0 Å². The molecule has 0 aliphatic rings. The summed E-state index contributed by atoms with van der Waals surface area (Å²) in [6, 6.07) is 19.5. The monoisotopic (exact) mass is 469 g/mol. The molecule has 6 nitrogen and oxygen atoms in total. The lowest BCUT2D eigenvalue weighted by Gasteiger charge is -2.16. The number of anilines is 2. The largest absolute Gasteiger partial charge is 0.497 e. The average Bonchev–Trinajstić information content (AvgIpc) is 2.83. The van der Waals surface area contributed by atoms with E-state index in [1.54, 1.807) is 13.2 Å². The summed E-state index contributed by atoms with van der Waals surface area (Å²) in [5.74, 6) is 0.372. The van der Waals surface area contributed by atoms with Crippen LogP contribution in [0.4, 0.5) is 11.4 Å². The highest BCUT2D eigenvalue weighted by molar-refractivity contribution is 5.93. The van der Waals surface area contributed by atoms with E-state index in [9.17, 15) is 9.59 Å². The fraction of sp³-hybridized carbons (Fsp3) is 0.241. The van der Waals surface area contributed by atoms with Gasteiger partial charge < -0.3 is 15.4 Å². The lowest BCUT2D eigenvalue weighted by Crippen LogP contribution is -2.31. The van der Waals surface area contributed by atoms with Crippen molar-refractivity contribution in [1.82, 2.24) is 4.57 Å². The van der Waals surface area contributed by atoms with Gasteiger partial charge in [0, 0.05) is 29.5 Å². The van der Waals surface area contributed by atoms with Crippen LogP contribution in [-0.4, -0.2) is 17.6 Å². The number of nitrogens with one attached hydrogen (secondary N) is 2. The summed E-state index contributed by atoms with van der Waals surface area (Å²) in [5, 5.41) is 7.19. The van der Waals surface area contributed by atoms with Crippen LogP contribution in [0.3, 0.4) is 0 Å². The van der Waals surface area contributed by atoms with Gasteiger partial charge in [-0.1, -0.05) is 35.4 Å². The Morgan fingerprint density at radius 3 is 2.23 bits per heavy atom. The van der Waals surface area contributed by atoms with Gasteiger partial charge in [0.25, 0.3) is 5.56 Å². The number of hydrogen-bond donors (Lipinski definition) is 2. The molecule has 0 fully saturated rings. The smallest absolute Gasteiger partial charge is 0.256 e. The standard InChI is InChI=1S/C29H31N3O3/c1-18-6-9-24(10-7-18)30-16-23-14-22-8-11-25(35-5)15-26(22)32(29(23)34)17-27(33)31-28-20(3)12-19(2)13-21(28)4/h6-15,30H,16-17H2,1-5H3,(H,31,33). The van der Waals surface area contributed by atoms with Crippen molar-refractivity contribution in [2.24, 2.45) is 0 Å². The van der Waals surface area contributed by atoms with E-state index in [2.05, 4.69) is 10.6 Å². The summed E-state index contributed by atoms with van der Waals surface area (Å²) in [4.78, 5) is 26.7. The minimum atomic E-state index is -0.255. The highest BCUT2D eigenvalue weighted by atomic mass is 16.5. The summed E-state index contributed by atoms with van der Waals surface area (Å²) in [7, 11) is 1.58. The van der Waals surface area contributed by atoms with Crippen molar-refractivity contribution in [3.8, 4) is 5.75 Å². The van der Waals surface area contributed by atoms with Gasteiger partial charge in [0.15, 0.2) is 0 Å². The number of ether oxygens (including phenoxy) is 1. The third kappa shape index (κ3) is 5.38. The van der Waals surface area contributed by atoms with Crippen LogP contribution >= 0.6 is 0 Å². The predicted molar refractivity (Wildman–Crippen MR) is 143 cm³/mol. The predicted octanol–water partition coefficient (Wildman–Crippen LogP) is 5.49. The van der Waals surface area contributed by atoms with Crippen LogP contribution in [0.15, 0.2) is 65.5 Å². The third-order valence-electron chi connectivity index (χ3n) is 6.16. The molecule has 6 heteroatoms. The molecule has 0 aliphatic carbocycles. The van der Waals surface area contributed by atoms with E-state index in [-0.39, 0.29) is 18.0 Å². The quantitative estimate of drug-likeness (QED) is 0.375. The molecule has 3 aromatic carbocycles. The Morgan fingerprint density at radius 2 is 1.57 bits per heavy atom. The molecule has 0 spiro atoms. The van der Waals surface area contributed by atoms with E-state index in [1.165, 1.54) is 10.1 Å². The molecule has 0 radical (unpaired) electrons. The van der Waals surface area contributed by atoms with Crippen LogP contribution in [0.2, 0.25) is 0 Å². The number of carbonyl (C=O) groups is 1. The Morgan fingerprint density at radius 1 is 0.886 bits per heavy atom. The zero-order valence-corrected chi connectivity index (χ0v) is 20.9. The Kier molecular flexibility index (Phi) is 6.92. The lowest BCUT2D eigenvalue weighted by atomic mass is 10.1. The van der Waals surface area contributed by atoms with Gasteiger partial charge >= 0.3 is 0 Å². The van der Waals surface area contributed by atoms with Crippen molar-refractivity contribution in [2.75, 3.05) is 17.7 Å². The number of aromatic nitrogens is 1. The van der Waals surface area contributed by atoms with Gasteiger partial charge in [-0.3, -0.25) is 14.2 Å². The Balaban J connectivity index is 1.69. The fourth-order valence-corrected chi connectivity index (χ4v) is 4.39. The van der Waals surface area contributed by atoms with Crippen LogP contribution < -0.4 is 20.9 Å². The number of methoxy groups -OCH3 is 1. The summed E-state index contributed by atoms with van der Waals surface area (Å²) in [6.45, 7) is 8.25. The molecule has 0 aliphatic heterocycles. The first-order valence-corrected chi connectivity index (χ1v) is 11.6. The van der Waals surface area contributed by atoms with Crippen molar-refractivity contribution in [3.63, 3.8) is 0 Å². The lowest BCUT2D eigenvalue weighted by molar-refractivity contribution is -0.116. The second kappa shape index (κ2) is 10.1. The minimum Gasteiger partial charge on any atom is -0.497 e. The number of amides is 1. The second-order valence-corrected chi connectivity index (χ2v) is 9.03. The van der Waals surface area contributed by atoms with Crippen molar-refractivity contribution < 1.29 is 9.53 Å². The van der Waals surface area contributed by atoms with Crippen LogP contribution in [-0.2, 0) is 17.9 Å². The fourth-order valence-electron chi connectivity index (χ4n) is 4.39. The van der Waals surface area contributed by atoms with E-state index >= 15 is 0 Å². The van der Waals surface area contributed by atoms with Crippen molar-refractivity contribution >= 4 is 28.2 Å². The van der Waals surface area contributed by atoms with Crippen molar-refractivity contribution in [3.05, 3.63) is 98.8 Å². The number of rotatable bonds is 7. The normalized spacial score (nSPS) is 10.9. The molecular formula is C29H31N3O3. The summed E-state index contributed by atoms with van der Waals surface area (Å²) < 4.78 is 6.90. The number of pyridine rings is 1. The molecule has 180 valence electrons. The van der Waals surface area contributed by atoms with Crippen molar-refractivity contribution in [2.45, 2.75) is 40.8 Å². The highest BCUT2D eigenvalue weighted by Crippen LogP contribution is 2.23. The molecular weight excluding hydrogens is 438 g/mol. The maximum atomic E-state index is 13.5. The second-order valence-electron chi connectivity index (χ2n) is 9.03. The van der Waals surface area contributed by atoms with Gasteiger partial charge in [-0.15, -0.1) is 0 Å². The Bertz CT molecular complexity index is 1430. The molecule has 0 unspecified atom stereocenters. The SMILES string of the molecule is COc1ccc2cc(CNc3ccc(C)cc3)c(=O)n(CC(=O)Nc3c(C)cc(C)cc3C)c2c1. The summed E-state index contributed by atoms with van der Waals surface area (Å²) in [6.07, 6.45) is 0. The van der Waals surface area contributed by atoms with Gasteiger partial charge in [0.1, 0.15) is 12.3 Å². The maximum Gasteiger partial charge on any atom is 0.256 e. The zero-order valence-electron chi connectivity index (χ0n) is 20.9. The molecule has 0 atom stereocenters. The number of benzene rings is 3. The average molecular weight is 470 g/mol. The first-order chi connectivity index (χ1) is 16.7. The zero-order chi connectivity index (χ0) is 25.1. The van der Waals surface area contributed by atoms with Gasteiger partial charge in [0.05, 0.1) is 12.6 Å². The van der Waals surface area contributed by atoms with Gasteiger partial charge in [-0.25, -0.2) is 0 Å². The van der Waals surface area contributed by atoms with Crippen LogP contribution in [0.5, 0.6) is 5.75 Å². The van der Waals surface area contributed by atoms with E-state index in [4.69, 9.17) is 4.74 Å². The number of aryl methyl sites for hydroxylation is 4. The third-order valence-corrected chi connectivity index (χ3v) is 6.16. The van der Waals surface area contributed by atoms with Gasteiger partial charge in [-0.05, 0) is 74.5 Å². The molecule has 1 aromatic heterocycles. The molecule has 0 saturated heterocycles. The number of fused-ring (bicyclic) bond motifs is 1. The molecule has 4 aromatic rings. The van der Waals surface area contributed by atoms with Gasteiger partial charge in [0.2, 0.25) is 5.91 Å². The van der Waals surface area contributed by atoms with E-state index < -0.39 is 0 Å². The van der Waals surface area contributed by atoms with E-state index in [0.717, 1.165) is 33.5 Å². The molecule has 0 bridgehead atoms. The number of hydrogen-bond acceptors (Lipinski definition) is 4. The van der Waals surface area contributed by atoms with Crippen LogP contribution in [0.1, 0.15) is 27.8 Å². The molecule has 4 rings (SSSR count). The summed E-state index contributed by atoms with van der Waals surface area (Å²) in [5.41, 5.74) is 7.03. The molecule has 35 heavy (non-hydrogen) atoms. The first-order valence-electron chi connectivity index (χ1n) is 11.6.